The van der Waals surface area contributed by atoms with Crippen molar-refractivity contribution in [2.45, 2.75) is 58.5 Å². The highest BCUT2D eigenvalue weighted by Gasteiger charge is 2.23. The van der Waals surface area contributed by atoms with E-state index >= 15 is 0 Å². The van der Waals surface area contributed by atoms with Crippen molar-refractivity contribution in [3.05, 3.63) is 11.6 Å². The molecule has 1 unspecified atom stereocenters. The van der Waals surface area contributed by atoms with Crippen LogP contribution >= 0.6 is 0 Å². The van der Waals surface area contributed by atoms with Crippen LogP contribution in [-0.4, -0.2) is 21.3 Å². The summed E-state index contributed by atoms with van der Waals surface area (Å²) in [7, 11) is 0. The zero-order valence-corrected chi connectivity index (χ0v) is 10.4. The molecule has 1 atom stereocenters. The Hall–Kier alpha value is -0.900. The van der Waals surface area contributed by atoms with Crippen LogP contribution in [-0.2, 0) is 13.0 Å². The first-order valence-corrected chi connectivity index (χ1v) is 6.52. The Morgan fingerprint density at radius 2 is 2.19 bits per heavy atom. The molecule has 16 heavy (non-hydrogen) atoms. The largest absolute Gasteiger partial charge is 0.312 e. The Bertz CT molecular complexity index is 332. The highest BCUT2D eigenvalue weighted by molar-refractivity contribution is 5.04. The third kappa shape index (κ3) is 2.26. The van der Waals surface area contributed by atoms with E-state index in [2.05, 4.69) is 33.9 Å². The van der Waals surface area contributed by atoms with E-state index in [9.17, 15) is 0 Å². The molecule has 1 aromatic heterocycles. The lowest BCUT2D eigenvalue weighted by atomic mass is 10.1. The van der Waals surface area contributed by atoms with E-state index < -0.39 is 0 Å². The minimum atomic E-state index is 0.418. The van der Waals surface area contributed by atoms with E-state index in [1.165, 1.54) is 25.1 Å². The minimum absolute atomic E-state index is 0.418. The van der Waals surface area contributed by atoms with Crippen molar-refractivity contribution < 1.29 is 0 Å². The van der Waals surface area contributed by atoms with Gasteiger partial charge in [-0.05, 0) is 12.8 Å². The van der Waals surface area contributed by atoms with Crippen LogP contribution in [0.2, 0.25) is 0 Å². The first kappa shape index (κ1) is 11.6. The average molecular weight is 222 g/mol. The standard InChI is InChI=1S/C12H22N4/c1-3-5-7-11-14-15-12-10(6-4-2)13-8-9-16(11)12/h10,13H,3-9H2,1-2H3. The van der Waals surface area contributed by atoms with Gasteiger partial charge in [-0.3, -0.25) is 0 Å². The number of nitrogens with one attached hydrogen (secondary N) is 1. The summed E-state index contributed by atoms with van der Waals surface area (Å²) in [6.45, 7) is 6.51. The molecule has 1 N–H and O–H groups in total. The molecular formula is C12H22N4. The van der Waals surface area contributed by atoms with Gasteiger partial charge in [0.2, 0.25) is 0 Å². The molecule has 0 amide bonds. The summed E-state index contributed by atoms with van der Waals surface area (Å²) in [5.74, 6) is 2.33. The van der Waals surface area contributed by atoms with Crippen LogP contribution in [0.25, 0.3) is 0 Å². The fraction of sp³-hybridized carbons (Fsp3) is 0.833. The first-order chi connectivity index (χ1) is 7.86. The third-order valence-corrected chi connectivity index (χ3v) is 3.23. The predicted octanol–water partition coefficient (Wildman–Crippen LogP) is 2.07. The summed E-state index contributed by atoms with van der Waals surface area (Å²) in [4.78, 5) is 0. The summed E-state index contributed by atoms with van der Waals surface area (Å²) in [6, 6.07) is 0.418. The molecule has 4 heteroatoms. The lowest BCUT2D eigenvalue weighted by Crippen LogP contribution is -2.34. The highest BCUT2D eigenvalue weighted by atomic mass is 15.3. The first-order valence-electron chi connectivity index (χ1n) is 6.52. The summed E-state index contributed by atoms with van der Waals surface area (Å²) in [6.07, 6.45) is 5.85. The maximum Gasteiger partial charge on any atom is 0.150 e. The van der Waals surface area contributed by atoms with Crippen molar-refractivity contribution in [3.63, 3.8) is 0 Å². The summed E-state index contributed by atoms with van der Waals surface area (Å²) < 4.78 is 2.33. The topological polar surface area (TPSA) is 42.7 Å². The maximum atomic E-state index is 4.36. The van der Waals surface area contributed by atoms with Gasteiger partial charge in [0.1, 0.15) is 11.6 Å². The molecular weight excluding hydrogens is 200 g/mol. The quantitative estimate of drug-likeness (QED) is 0.829. The summed E-state index contributed by atoms with van der Waals surface area (Å²) in [5.41, 5.74) is 0. The van der Waals surface area contributed by atoms with Crippen LogP contribution < -0.4 is 5.32 Å². The monoisotopic (exact) mass is 222 g/mol. The molecule has 0 aliphatic carbocycles. The Kier molecular flexibility index (Phi) is 3.93. The second-order valence-corrected chi connectivity index (χ2v) is 4.53. The molecule has 0 saturated carbocycles. The van der Waals surface area contributed by atoms with E-state index in [0.29, 0.717) is 6.04 Å². The number of unbranched alkanes of at least 4 members (excludes halogenated alkanes) is 1. The Morgan fingerprint density at radius 1 is 1.31 bits per heavy atom. The fourth-order valence-electron chi connectivity index (χ4n) is 2.33. The van der Waals surface area contributed by atoms with Crippen LogP contribution in [0, 0.1) is 0 Å². The van der Waals surface area contributed by atoms with Crippen molar-refractivity contribution in [1.82, 2.24) is 20.1 Å². The molecule has 2 rings (SSSR count). The molecule has 1 aliphatic rings. The predicted molar refractivity (Wildman–Crippen MR) is 64.3 cm³/mol. The number of rotatable bonds is 5. The summed E-state index contributed by atoms with van der Waals surface area (Å²) >= 11 is 0. The van der Waals surface area contributed by atoms with Gasteiger partial charge < -0.3 is 9.88 Å². The van der Waals surface area contributed by atoms with Crippen molar-refractivity contribution in [2.75, 3.05) is 6.54 Å². The van der Waals surface area contributed by atoms with E-state index in [4.69, 9.17) is 0 Å². The second-order valence-electron chi connectivity index (χ2n) is 4.53. The lowest BCUT2D eigenvalue weighted by molar-refractivity contribution is 0.387. The molecule has 0 fully saturated rings. The molecule has 0 aromatic carbocycles. The Balaban J connectivity index is 2.14. The molecule has 0 saturated heterocycles. The summed E-state index contributed by atoms with van der Waals surface area (Å²) in [5, 5.41) is 12.2. The van der Waals surface area contributed by atoms with Gasteiger partial charge in [-0.15, -0.1) is 10.2 Å². The lowest BCUT2D eigenvalue weighted by Gasteiger charge is -2.24. The Morgan fingerprint density at radius 3 is 2.94 bits per heavy atom. The van der Waals surface area contributed by atoms with Gasteiger partial charge in [-0.25, -0.2) is 0 Å². The number of nitrogens with zero attached hydrogens (tertiary/aromatic N) is 3. The van der Waals surface area contributed by atoms with Gasteiger partial charge >= 0.3 is 0 Å². The van der Waals surface area contributed by atoms with Gasteiger partial charge in [0.15, 0.2) is 0 Å². The van der Waals surface area contributed by atoms with Crippen LogP contribution in [0.15, 0.2) is 0 Å². The second kappa shape index (κ2) is 5.43. The van der Waals surface area contributed by atoms with E-state index in [1.807, 2.05) is 0 Å². The van der Waals surface area contributed by atoms with Crippen molar-refractivity contribution in [2.24, 2.45) is 0 Å². The van der Waals surface area contributed by atoms with Crippen LogP contribution in [0.4, 0.5) is 0 Å². The van der Waals surface area contributed by atoms with Crippen LogP contribution in [0.1, 0.15) is 57.2 Å². The van der Waals surface area contributed by atoms with Gasteiger partial charge in [-0.1, -0.05) is 26.7 Å². The number of hydrogen-bond acceptors (Lipinski definition) is 3. The highest BCUT2D eigenvalue weighted by Crippen LogP contribution is 2.21. The van der Waals surface area contributed by atoms with Crippen molar-refractivity contribution in [1.29, 1.82) is 0 Å². The maximum absolute atomic E-state index is 4.36. The molecule has 0 bridgehead atoms. The van der Waals surface area contributed by atoms with E-state index in [1.54, 1.807) is 0 Å². The molecule has 4 nitrogen and oxygen atoms in total. The number of aryl methyl sites for hydroxylation is 1. The number of fused-ring (bicyclic) bond motifs is 1. The molecule has 0 spiro atoms. The normalized spacial score (nSPS) is 19.8. The van der Waals surface area contributed by atoms with Gasteiger partial charge in [-0.2, -0.15) is 0 Å². The van der Waals surface area contributed by atoms with Crippen LogP contribution in [0.5, 0.6) is 0 Å². The van der Waals surface area contributed by atoms with Crippen molar-refractivity contribution in [3.8, 4) is 0 Å². The molecule has 1 aromatic rings. The average Bonchev–Trinajstić information content (AvgIpc) is 2.71. The molecule has 2 heterocycles. The SMILES string of the molecule is CCCCc1nnc2n1CCNC2CCC. The van der Waals surface area contributed by atoms with E-state index in [0.717, 1.165) is 31.8 Å². The van der Waals surface area contributed by atoms with Gasteiger partial charge in [0.25, 0.3) is 0 Å². The number of aromatic nitrogens is 3. The minimum Gasteiger partial charge on any atom is -0.312 e. The number of hydrogen-bond donors (Lipinski definition) is 1. The van der Waals surface area contributed by atoms with Gasteiger partial charge in [0.05, 0.1) is 6.04 Å². The fourth-order valence-corrected chi connectivity index (χ4v) is 2.33. The van der Waals surface area contributed by atoms with Gasteiger partial charge in [0, 0.05) is 19.5 Å². The molecule has 90 valence electrons. The van der Waals surface area contributed by atoms with Crippen molar-refractivity contribution >= 4 is 0 Å². The zero-order chi connectivity index (χ0) is 11.4. The zero-order valence-electron chi connectivity index (χ0n) is 10.4. The third-order valence-electron chi connectivity index (χ3n) is 3.23. The van der Waals surface area contributed by atoms with Crippen LogP contribution in [0.3, 0.4) is 0 Å². The molecule has 1 aliphatic heterocycles. The molecule has 0 radical (unpaired) electrons. The Labute approximate surface area is 97.5 Å². The van der Waals surface area contributed by atoms with E-state index in [-0.39, 0.29) is 0 Å². The smallest absolute Gasteiger partial charge is 0.150 e.